The summed E-state index contributed by atoms with van der Waals surface area (Å²) in [6.45, 7) is 5.99. The summed E-state index contributed by atoms with van der Waals surface area (Å²) in [5, 5.41) is 9.15. The standard InChI is InChI=1S/C12H24N2O2/c1-3-12(2,9-13)11(16)14-6-4-5-10(7-14)8-15/h10,15H,3-9,13H2,1-2H3. The predicted octanol–water partition coefficient (Wildman–Crippen LogP) is 0.592. The summed E-state index contributed by atoms with van der Waals surface area (Å²) < 4.78 is 0. The number of hydrogen-bond donors (Lipinski definition) is 2. The highest BCUT2D eigenvalue weighted by molar-refractivity contribution is 5.82. The van der Waals surface area contributed by atoms with Crippen LogP contribution in [-0.2, 0) is 4.79 Å². The fraction of sp³-hybridized carbons (Fsp3) is 0.917. The van der Waals surface area contributed by atoms with Crippen LogP contribution in [-0.4, -0.2) is 42.2 Å². The number of carbonyl (C=O) groups is 1. The minimum Gasteiger partial charge on any atom is -0.396 e. The number of rotatable bonds is 4. The van der Waals surface area contributed by atoms with Gasteiger partial charge in [-0.15, -0.1) is 0 Å². The molecule has 4 nitrogen and oxygen atoms in total. The highest BCUT2D eigenvalue weighted by Gasteiger charge is 2.35. The maximum Gasteiger partial charge on any atom is 0.229 e. The molecule has 0 aliphatic carbocycles. The van der Waals surface area contributed by atoms with Gasteiger partial charge in [-0.3, -0.25) is 4.79 Å². The molecule has 3 N–H and O–H groups in total. The van der Waals surface area contributed by atoms with E-state index in [-0.39, 0.29) is 18.4 Å². The third-order valence-corrected chi connectivity index (χ3v) is 3.81. The monoisotopic (exact) mass is 228 g/mol. The van der Waals surface area contributed by atoms with Crippen molar-refractivity contribution in [1.29, 1.82) is 0 Å². The lowest BCUT2D eigenvalue weighted by molar-refractivity contribution is -0.143. The molecule has 0 aromatic rings. The molecule has 1 aliphatic rings. The normalized spacial score (nSPS) is 25.2. The Bertz CT molecular complexity index is 239. The first-order valence-electron chi connectivity index (χ1n) is 6.17. The zero-order valence-electron chi connectivity index (χ0n) is 10.4. The second-order valence-electron chi connectivity index (χ2n) is 5.06. The summed E-state index contributed by atoms with van der Waals surface area (Å²) in [4.78, 5) is 14.2. The molecule has 16 heavy (non-hydrogen) atoms. The second kappa shape index (κ2) is 5.64. The van der Waals surface area contributed by atoms with Gasteiger partial charge >= 0.3 is 0 Å². The minimum absolute atomic E-state index is 0.149. The van der Waals surface area contributed by atoms with E-state index < -0.39 is 5.41 Å². The van der Waals surface area contributed by atoms with Gasteiger partial charge in [0.1, 0.15) is 0 Å². The molecule has 1 rings (SSSR count). The molecule has 0 aromatic carbocycles. The van der Waals surface area contributed by atoms with Gasteiger partial charge in [-0.1, -0.05) is 6.92 Å². The van der Waals surface area contributed by atoms with Crippen molar-refractivity contribution in [3.63, 3.8) is 0 Å². The lowest BCUT2D eigenvalue weighted by atomic mass is 9.85. The Kier molecular flexibility index (Phi) is 4.74. The molecule has 0 spiro atoms. The van der Waals surface area contributed by atoms with E-state index in [2.05, 4.69) is 0 Å². The van der Waals surface area contributed by atoms with Crippen LogP contribution in [0.2, 0.25) is 0 Å². The quantitative estimate of drug-likeness (QED) is 0.740. The summed E-state index contributed by atoms with van der Waals surface area (Å²) in [7, 11) is 0. The molecule has 1 fully saturated rings. The predicted molar refractivity (Wildman–Crippen MR) is 63.8 cm³/mol. The van der Waals surface area contributed by atoms with E-state index in [0.717, 1.165) is 25.8 Å². The van der Waals surface area contributed by atoms with Gasteiger partial charge in [-0.2, -0.15) is 0 Å². The number of piperidine rings is 1. The number of aliphatic hydroxyl groups is 1. The van der Waals surface area contributed by atoms with Crippen molar-refractivity contribution < 1.29 is 9.90 Å². The van der Waals surface area contributed by atoms with Crippen LogP contribution < -0.4 is 5.73 Å². The lowest BCUT2D eigenvalue weighted by Gasteiger charge is -2.37. The number of carbonyl (C=O) groups excluding carboxylic acids is 1. The molecule has 1 saturated heterocycles. The average molecular weight is 228 g/mol. The molecular formula is C12H24N2O2. The van der Waals surface area contributed by atoms with Gasteiger partial charge in [0, 0.05) is 26.2 Å². The largest absolute Gasteiger partial charge is 0.396 e. The summed E-state index contributed by atoms with van der Waals surface area (Å²) in [6, 6.07) is 0. The minimum atomic E-state index is -0.433. The van der Waals surface area contributed by atoms with Crippen molar-refractivity contribution in [2.45, 2.75) is 33.1 Å². The second-order valence-corrected chi connectivity index (χ2v) is 5.06. The Morgan fingerprint density at radius 3 is 2.81 bits per heavy atom. The molecule has 1 amide bonds. The molecule has 94 valence electrons. The topological polar surface area (TPSA) is 66.6 Å². The van der Waals surface area contributed by atoms with Crippen LogP contribution in [0.3, 0.4) is 0 Å². The van der Waals surface area contributed by atoms with Crippen molar-refractivity contribution in [2.24, 2.45) is 17.1 Å². The third kappa shape index (κ3) is 2.74. The summed E-state index contributed by atoms with van der Waals surface area (Å²) >= 11 is 0. The maximum absolute atomic E-state index is 12.3. The van der Waals surface area contributed by atoms with Gasteiger partial charge in [0.15, 0.2) is 0 Å². The lowest BCUT2D eigenvalue weighted by Crippen LogP contribution is -2.50. The van der Waals surface area contributed by atoms with Crippen molar-refractivity contribution >= 4 is 5.91 Å². The zero-order chi connectivity index (χ0) is 12.2. The van der Waals surface area contributed by atoms with Gasteiger partial charge in [-0.25, -0.2) is 0 Å². The molecule has 2 atom stereocenters. The Hall–Kier alpha value is -0.610. The van der Waals surface area contributed by atoms with Crippen LogP contribution in [0.5, 0.6) is 0 Å². The fourth-order valence-corrected chi connectivity index (χ4v) is 2.16. The van der Waals surface area contributed by atoms with Crippen molar-refractivity contribution in [3.05, 3.63) is 0 Å². The Balaban J connectivity index is 2.65. The van der Waals surface area contributed by atoms with E-state index in [1.165, 1.54) is 0 Å². The van der Waals surface area contributed by atoms with Gasteiger partial charge in [0.05, 0.1) is 5.41 Å². The van der Waals surface area contributed by atoms with E-state index >= 15 is 0 Å². The van der Waals surface area contributed by atoms with E-state index in [1.807, 2.05) is 18.7 Å². The summed E-state index contributed by atoms with van der Waals surface area (Å²) in [6.07, 6.45) is 2.77. The van der Waals surface area contributed by atoms with Gasteiger partial charge in [0.2, 0.25) is 5.91 Å². The van der Waals surface area contributed by atoms with Crippen molar-refractivity contribution in [3.8, 4) is 0 Å². The maximum atomic E-state index is 12.3. The summed E-state index contributed by atoms with van der Waals surface area (Å²) in [5.74, 6) is 0.396. The molecular weight excluding hydrogens is 204 g/mol. The number of amides is 1. The van der Waals surface area contributed by atoms with Crippen LogP contribution in [0.15, 0.2) is 0 Å². The van der Waals surface area contributed by atoms with Crippen LogP contribution in [0, 0.1) is 11.3 Å². The first kappa shape index (κ1) is 13.5. The molecule has 2 unspecified atom stereocenters. The zero-order valence-corrected chi connectivity index (χ0v) is 10.4. The van der Waals surface area contributed by atoms with Gasteiger partial charge in [0.25, 0.3) is 0 Å². The average Bonchev–Trinajstić information content (AvgIpc) is 2.37. The van der Waals surface area contributed by atoms with E-state index in [9.17, 15) is 4.79 Å². The summed E-state index contributed by atoms with van der Waals surface area (Å²) in [5.41, 5.74) is 5.26. The number of nitrogens with zero attached hydrogens (tertiary/aromatic N) is 1. The van der Waals surface area contributed by atoms with Crippen molar-refractivity contribution in [1.82, 2.24) is 4.90 Å². The van der Waals surface area contributed by atoms with Crippen LogP contribution in [0.1, 0.15) is 33.1 Å². The molecule has 1 heterocycles. The number of aliphatic hydroxyl groups excluding tert-OH is 1. The number of nitrogens with two attached hydrogens (primary N) is 1. The Morgan fingerprint density at radius 2 is 2.31 bits per heavy atom. The van der Waals surface area contributed by atoms with Gasteiger partial charge < -0.3 is 15.7 Å². The highest BCUT2D eigenvalue weighted by atomic mass is 16.3. The molecule has 0 saturated carbocycles. The molecule has 0 aromatic heterocycles. The van der Waals surface area contributed by atoms with Crippen LogP contribution in [0.4, 0.5) is 0 Å². The molecule has 0 radical (unpaired) electrons. The first-order valence-corrected chi connectivity index (χ1v) is 6.17. The van der Waals surface area contributed by atoms with E-state index in [1.54, 1.807) is 0 Å². The fourth-order valence-electron chi connectivity index (χ4n) is 2.16. The highest BCUT2D eigenvalue weighted by Crippen LogP contribution is 2.26. The molecule has 4 heteroatoms. The van der Waals surface area contributed by atoms with Crippen LogP contribution in [0.25, 0.3) is 0 Å². The SMILES string of the molecule is CCC(C)(CN)C(=O)N1CCCC(CO)C1. The Labute approximate surface area is 97.8 Å². The van der Waals surface area contributed by atoms with Crippen molar-refractivity contribution in [2.75, 3.05) is 26.2 Å². The molecule has 1 aliphatic heterocycles. The van der Waals surface area contributed by atoms with E-state index in [0.29, 0.717) is 13.1 Å². The number of likely N-dealkylation sites (tertiary alicyclic amines) is 1. The van der Waals surface area contributed by atoms with E-state index in [4.69, 9.17) is 10.8 Å². The third-order valence-electron chi connectivity index (χ3n) is 3.81. The Morgan fingerprint density at radius 1 is 1.62 bits per heavy atom. The first-order chi connectivity index (χ1) is 7.57. The van der Waals surface area contributed by atoms with Gasteiger partial charge in [-0.05, 0) is 32.1 Å². The smallest absolute Gasteiger partial charge is 0.229 e. The molecule has 0 bridgehead atoms. The number of hydrogen-bond acceptors (Lipinski definition) is 3. The van der Waals surface area contributed by atoms with Crippen LogP contribution >= 0.6 is 0 Å².